The quantitative estimate of drug-likeness (QED) is 0.310. The zero-order chi connectivity index (χ0) is 23.8. The topological polar surface area (TPSA) is 106 Å². The molecule has 2 aromatic heterocycles. The Morgan fingerprint density at radius 2 is 2.00 bits per heavy atom. The van der Waals surface area contributed by atoms with Gasteiger partial charge in [0.1, 0.15) is 17.9 Å². The third-order valence-electron chi connectivity index (χ3n) is 5.66. The van der Waals surface area contributed by atoms with Crippen molar-refractivity contribution in [3.63, 3.8) is 0 Å². The molecule has 0 aliphatic carbocycles. The summed E-state index contributed by atoms with van der Waals surface area (Å²) >= 11 is 0. The molecule has 3 heterocycles. The molecule has 4 N–H and O–H groups in total. The molecule has 4 rings (SSSR count). The van der Waals surface area contributed by atoms with Crippen LogP contribution in [0.25, 0.3) is 5.65 Å². The average Bonchev–Trinajstić information content (AvgIpc) is 3.43. The molecule has 33 heavy (non-hydrogen) atoms. The van der Waals surface area contributed by atoms with Gasteiger partial charge in [-0.3, -0.25) is 5.32 Å². The SMILES string of the molecule is OC[C@@H](O)CNC(O)c1cnn2ccc(N3CCC[C@@H]3c3cc(F)ccc3C(F)(F)F)nc12. The van der Waals surface area contributed by atoms with E-state index in [0.29, 0.717) is 30.8 Å². The molecule has 1 aliphatic rings. The Hall–Kier alpha value is -2.80. The van der Waals surface area contributed by atoms with Crippen molar-refractivity contribution in [3.05, 3.63) is 59.2 Å². The number of hydrogen-bond donors (Lipinski definition) is 4. The van der Waals surface area contributed by atoms with Gasteiger partial charge in [-0.2, -0.15) is 18.3 Å². The number of alkyl halides is 3. The summed E-state index contributed by atoms with van der Waals surface area (Å²) in [6.07, 6.45) is -2.99. The molecule has 0 spiro atoms. The van der Waals surface area contributed by atoms with E-state index in [0.717, 1.165) is 18.2 Å². The van der Waals surface area contributed by atoms with E-state index in [2.05, 4.69) is 15.4 Å². The normalized spacial score (nSPS) is 18.8. The number of aliphatic hydroxyl groups excluding tert-OH is 3. The minimum Gasteiger partial charge on any atom is -0.394 e. The molecule has 12 heteroatoms. The Bertz CT molecular complexity index is 1120. The third kappa shape index (κ3) is 4.78. The van der Waals surface area contributed by atoms with Crippen molar-refractivity contribution >= 4 is 11.5 Å². The van der Waals surface area contributed by atoms with Gasteiger partial charge < -0.3 is 20.2 Å². The van der Waals surface area contributed by atoms with Crippen molar-refractivity contribution in [1.29, 1.82) is 0 Å². The predicted octanol–water partition coefficient (Wildman–Crippen LogP) is 2.16. The highest BCUT2D eigenvalue weighted by molar-refractivity contribution is 5.55. The predicted molar refractivity (Wildman–Crippen MR) is 110 cm³/mol. The standard InChI is InChI=1S/C21H23F4N5O3/c22-12-3-4-16(21(23,24)25)14(8-12)17-2-1-6-29(17)18-5-7-30-19(28-18)15(10-27-30)20(33)26-9-13(32)11-31/h3-5,7-8,10,13,17,20,26,31-33H,1-2,6,9,11H2/t13-,17+,20?/m0/s1. The molecule has 0 amide bonds. The minimum absolute atomic E-state index is 0.0807. The fourth-order valence-corrected chi connectivity index (χ4v) is 4.08. The summed E-state index contributed by atoms with van der Waals surface area (Å²) in [6.45, 7) is -0.134. The Kier molecular flexibility index (Phi) is 6.52. The molecule has 0 radical (unpaired) electrons. The van der Waals surface area contributed by atoms with E-state index in [1.165, 1.54) is 10.7 Å². The van der Waals surface area contributed by atoms with Crippen molar-refractivity contribution in [3.8, 4) is 0 Å². The molecule has 8 nitrogen and oxygen atoms in total. The summed E-state index contributed by atoms with van der Waals surface area (Å²) in [7, 11) is 0. The van der Waals surface area contributed by atoms with E-state index >= 15 is 0 Å². The number of nitrogens with zero attached hydrogens (tertiary/aromatic N) is 4. The first-order valence-electron chi connectivity index (χ1n) is 10.4. The second-order valence-electron chi connectivity index (χ2n) is 7.88. The van der Waals surface area contributed by atoms with E-state index in [1.54, 1.807) is 17.2 Å². The maximum absolute atomic E-state index is 13.9. The summed E-state index contributed by atoms with van der Waals surface area (Å²) in [6, 6.07) is 3.37. The van der Waals surface area contributed by atoms with Gasteiger partial charge in [0.2, 0.25) is 0 Å². The number of aromatic nitrogens is 3. The van der Waals surface area contributed by atoms with E-state index in [4.69, 9.17) is 5.11 Å². The van der Waals surface area contributed by atoms with Crippen LogP contribution in [-0.2, 0) is 6.18 Å². The van der Waals surface area contributed by atoms with Crippen LogP contribution in [0.15, 0.2) is 36.7 Å². The Labute approximate surface area is 186 Å². The Morgan fingerprint density at radius 1 is 1.21 bits per heavy atom. The van der Waals surface area contributed by atoms with Gasteiger partial charge >= 0.3 is 6.18 Å². The lowest BCUT2D eigenvalue weighted by molar-refractivity contribution is -0.138. The maximum Gasteiger partial charge on any atom is 0.416 e. The second-order valence-corrected chi connectivity index (χ2v) is 7.88. The van der Waals surface area contributed by atoms with Gasteiger partial charge in [-0.25, -0.2) is 13.9 Å². The van der Waals surface area contributed by atoms with Gasteiger partial charge in [0.15, 0.2) is 5.65 Å². The lowest BCUT2D eigenvalue weighted by Gasteiger charge is -2.28. The van der Waals surface area contributed by atoms with Gasteiger partial charge in [-0.05, 0) is 42.7 Å². The number of anilines is 1. The van der Waals surface area contributed by atoms with Crippen LogP contribution in [-0.4, -0.2) is 55.7 Å². The Morgan fingerprint density at radius 3 is 2.73 bits per heavy atom. The van der Waals surface area contributed by atoms with Gasteiger partial charge in [0, 0.05) is 19.3 Å². The smallest absolute Gasteiger partial charge is 0.394 e. The van der Waals surface area contributed by atoms with Crippen molar-refractivity contribution in [2.24, 2.45) is 0 Å². The highest BCUT2D eigenvalue weighted by Crippen LogP contribution is 2.42. The van der Waals surface area contributed by atoms with Gasteiger partial charge in [0.05, 0.1) is 36.1 Å². The Balaban J connectivity index is 1.67. The van der Waals surface area contributed by atoms with Crippen LogP contribution < -0.4 is 10.2 Å². The molecule has 1 aliphatic heterocycles. The van der Waals surface area contributed by atoms with Crippen molar-refractivity contribution < 1.29 is 32.9 Å². The molecule has 0 bridgehead atoms. The number of hydrogen-bond acceptors (Lipinski definition) is 7. The van der Waals surface area contributed by atoms with Crippen LogP contribution in [0.2, 0.25) is 0 Å². The molecule has 3 atom stereocenters. The van der Waals surface area contributed by atoms with E-state index in [9.17, 15) is 27.8 Å². The van der Waals surface area contributed by atoms with E-state index < -0.39 is 42.5 Å². The van der Waals surface area contributed by atoms with Gasteiger partial charge in [-0.1, -0.05) is 0 Å². The van der Waals surface area contributed by atoms with Crippen LogP contribution in [0.3, 0.4) is 0 Å². The van der Waals surface area contributed by atoms with Crippen molar-refractivity contribution in [1.82, 2.24) is 19.9 Å². The zero-order valence-electron chi connectivity index (χ0n) is 17.4. The molecular formula is C21H23F4N5O3. The molecule has 178 valence electrons. The first-order chi connectivity index (χ1) is 15.7. The molecule has 1 fully saturated rings. The van der Waals surface area contributed by atoms with Crippen LogP contribution in [0.1, 0.15) is 41.8 Å². The van der Waals surface area contributed by atoms with E-state index in [-0.39, 0.29) is 17.8 Å². The summed E-state index contributed by atoms with van der Waals surface area (Å²) < 4.78 is 56.1. The number of benzene rings is 1. The number of aliphatic hydroxyl groups is 3. The largest absolute Gasteiger partial charge is 0.416 e. The monoisotopic (exact) mass is 469 g/mol. The number of rotatable bonds is 7. The van der Waals surface area contributed by atoms with Crippen LogP contribution >= 0.6 is 0 Å². The maximum atomic E-state index is 13.9. The highest BCUT2D eigenvalue weighted by atomic mass is 19.4. The molecule has 3 aromatic rings. The first-order valence-corrected chi connectivity index (χ1v) is 10.4. The summed E-state index contributed by atoms with van der Waals surface area (Å²) in [5, 5.41) is 35.6. The number of fused-ring (bicyclic) bond motifs is 1. The van der Waals surface area contributed by atoms with Crippen molar-refractivity contribution in [2.75, 3.05) is 24.6 Å². The zero-order valence-corrected chi connectivity index (χ0v) is 17.4. The first kappa shape index (κ1) is 23.4. The lowest BCUT2D eigenvalue weighted by atomic mass is 9.97. The molecular weight excluding hydrogens is 446 g/mol. The minimum atomic E-state index is -4.62. The molecule has 1 aromatic carbocycles. The number of nitrogens with one attached hydrogen (secondary N) is 1. The van der Waals surface area contributed by atoms with Gasteiger partial charge in [0.25, 0.3) is 0 Å². The van der Waals surface area contributed by atoms with Crippen LogP contribution in [0.5, 0.6) is 0 Å². The fraction of sp³-hybridized carbons (Fsp3) is 0.429. The van der Waals surface area contributed by atoms with Crippen LogP contribution in [0.4, 0.5) is 23.4 Å². The highest BCUT2D eigenvalue weighted by Gasteiger charge is 2.38. The van der Waals surface area contributed by atoms with E-state index in [1.807, 2.05) is 0 Å². The molecule has 0 saturated carbocycles. The molecule has 1 saturated heterocycles. The molecule has 1 unspecified atom stereocenters. The van der Waals surface area contributed by atoms with Crippen LogP contribution in [0, 0.1) is 5.82 Å². The summed E-state index contributed by atoms with van der Waals surface area (Å²) in [5.74, 6) is -0.377. The van der Waals surface area contributed by atoms with Crippen molar-refractivity contribution in [2.45, 2.75) is 37.4 Å². The average molecular weight is 469 g/mol. The summed E-state index contributed by atoms with van der Waals surface area (Å²) in [5.41, 5.74) is -0.463. The second kappa shape index (κ2) is 9.21. The number of halogens is 4. The third-order valence-corrected chi connectivity index (χ3v) is 5.66. The lowest BCUT2D eigenvalue weighted by Crippen LogP contribution is -2.32. The van der Waals surface area contributed by atoms with Gasteiger partial charge in [-0.15, -0.1) is 0 Å². The fourth-order valence-electron chi connectivity index (χ4n) is 4.08. The summed E-state index contributed by atoms with van der Waals surface area (Å²) in [4.78, 5) is 6.21.